The van der Waals surface area contributed by atoms with Crippen molar-refractivity contribution < 1.29 is 14.0 Å². The highest BCUT2D eigenvalue weighted by molar-refractivity contribution is 5.85. The molecule has 0 atom stereocenters. The highest BCUT2D eigenvalue weighted by Crippen LogP contribution is 2.13. The number of hydrogen-bond acceptors (Lipinski definition) is 3. The molecule has 0 aliphatic carbocycles. The van der Waals surface area contributed by atoms with Crippen molar-refractivity contribution in [1.82, 2.24) is 9.80 Å². The first-order valence-corrected chi connectivity index (χ1v) is 14.4. The fourth-order valence-electron chi connectivity index (χ4n) is 4.56. The molecule has 0 spiro atoms. The fraction of sp³-hybridized carbons (Fsp3) is 0.562. The molecule has 0 N–H and O–H groups in total. The molecule has 0 bridgehead atoms. The van der Waals surface area contributed by atoms with Gasteiger partial charge >= 0.3 is 0 Å². The lowest BCUT2D eigenvalue weighted by molar-refractivity contribution is -0.140. The van der Waals surface area contributed by atoms with E-state index in [1.165, 1.54) is 63.4 Å². The van der Waals surface area contributed by atoms with Crippen molar-refractivity contribution in [1.29, 1.82) is 0 Å². The Bertz CT molecular complexity index is 863. The molecule has 0 fully saturated rings. The second-order valence-electron chi connectivity index (χ2n) is 9.98. The third kappa shape index (κ3) is 13.3. The summed E-state index contributed by atoms with van der Waals surface area (Å²) in [5, 5.41) is 0. The lowest BCUT2D eigenvalue weighted by Gasteiger charge is -2.27. The predicted octanol–water partition coefficient (Wildman–Crippen LogP) is 7.57. The second-order valence-corrected chi connectivity index (χ2v) is 9.98. The minimum absolute atomic E-state index is 0.0326. The highest BCUT2D eigenvalue weighted by Gasteiger charge is 2.21. The first kappa shape index (κ1) is 30.4. The first-order chi connectivity index (χ1) is 18.1. The van der Waals surface area contributed by atoms with E-state index in [1.807, 2.05) is 30.3 Å². The Kier molecular flexibility index (Phi) is 15.9. The van der Waals surface area contributed by atoms with Gasteiger partial charge in [0.15, 0.2) is 0 Å². The van der Waals surface area contributed by atoms with Gasteiger partial charge in [0.05, 0.1) is 12.8 Å². The van der Waals surface area contributed by atoms with Gasteiger partial charge in [-0.15, -0.1) is 6.58 Å². The molecule has 2 rings (SSSR count). The van der Waals surface area contributed by atoms with Gasteiger partial charge in [-0.25, -0.2) is 0 Å². The molecule has 2 amide bonds. The number of benzene rings is 1. The van der Waals surface area contributed by atoms with Gasteiger partial charge in [0.2, 0.25) is 11.8 Å². The van der Waals surface area contributed by atoms with Crippen LogP contribution in [0.3, 0.4) is 0 Å². The van der Waals surface area contributed by atoms with Crippen molar-refractivity contribution in [3.05, 3.63) is 72.7 Å². The fourth-order valence-corrected chi connectivity index (χ4v) is 4.56. The van der Waals surface area contributed by atoms with Crippen LogP contribution < -0.4 is 0 Å². The summed E-state index contributed by atoms with van der Waals surface area (Å²) in [6.07, 6.45) is 18.3. The Morgan fingerprint density at radius 3 is 2.05 bits per heavy atom. The van der Waals surface area contributed by atoms with Crippen LogP contribution in [0, 0.1) is 0 Å². The normalized spacial score (nSPS) is 10.8. The summed E-state index contributed by atoms with van der Waals surface area (Å²) in [5.41, 5.74) is 1.18. The molecule has 0 unspecified atom stereocenters. The summed E-state index contributed by atoms with van der Waals surface area (Å²) in [6.45, 7) is 7.47. The smallest absolute Gasteiger partial charge is 0.242 e. The van der Waals surface area contributed by atoms with Gasteiger partial charge in [-0.05, 0) is 30.5 Å². The number of unbranched alkanes of at least 4 members (excludes halogenated alkanes) is 10. The van der Waals surface area contributed by atoms with E-state index in [4.69, 9.17) is 4.42 Å². The number of nitrogens with zero attached hydrogens (tertiary/aromatic N) is 2. The van der Waals surface area contributed by atoms with Crippen LogP contribution in [-0.2, 0) is 22.6 Å². The molecule has 1 aromatic heterocycles. The molecule has 1 aromatic carbocycles. The monoisotopic (exact) mass is 508 g/mol. The maximum absolute atomic E-state index is 13.3. The average Bonchev–Trinajstić information content (AvgIpc) is 3.43. The summed E-state index contributed by atoms with van der Waals surface area (Å²) in [6, 6.07) is 13.8. The van der Waals surface area contributed by atoms with Gasteiger partial charge in [0.1, 0.15) is 12.3 Å². The van der Waals surface area contributed by atoms with Gasteiger partial charge in [-0.1, -0.05) is 108 Å². The third-order valence-corrected chi connectivity index (χ3v) is 6.82. The summed E-state index contributed by atoms with van der Waals surface area (Å²) >= 11 is 0. The molecular weight excluding hydrogens is 460 g/mol. The minimum atomic E-state index is -0.0681. The van der Waals surface area contributed by atoms with E-state index in [0.29, 0.717) is 26.1 Å². The zero-order chi connectivity index (χ0) is 26.6. The molecule has 5 nitrogen and oxygen atoms in total. The van der Waals surface area contributed by atoms with E-state index in [-0.39, 0.29) is 18.4 Å². The molecule has 5 heteroatoms. The highest BCUT2D eigenvalue weighted by atomic mass is 16.3. The van der Waals surface area contributed by atoms with Gasteiger partial charge in [-0.3, -0.25) is 9.59 Å². The van der Waals surface area contributed by atoms with Crippen molar-refractivity contribution in [2.24, 2.45) is 0 Å². The Labute approximate surface area is 224 Å². The third-order valence-electron chi connectivity index (χ3n) is 6.82. The van der Waals surface area contributed by atoms with Crippen LogP contribution in [0.4, 0.5) is 0 Å². The van der Waals surface area contributed by atoms with E-state index >= 15 is 0 Å². The standard InChI is InChI=1S/C32H48N2O3/c1-3-5-6-7-8-9-10-11-12-13-17-22-31(35)33(24-4-2)28-32(36)34(27-30-21-18-26-37-30)25-23-29-19-15-14-16-20-29/h4,14-16,18-21,26H,2-3,5-13,17,22-25,27-28H2,1H3. The lowest BCUT2D eigenvalue weighted by atomic mass is 10.1. The van der Waals surface area contributed by atoms with E-state index in [9.17, 15) is 9.59 Å². The quantitative estimate of drug-likeness (QED) is 0.129. The molecule has 0 saturated carbocycles. The van der Waals surface area contributed by atoms with Gasteiger partial charge in [0.25, 0.3) is 0 Å². The minimum Gasteiger partial charge on any atom is -0.467 e. The van der Waals surface area contributed by atoms with E-state index in [2.05, 4.69) is 25.6 Å². The van der Waals surface area contributed by atoms with Crippen LogP contribution in [-0.4, -0.2) is 41.2 Å². The molecular formula is C32H48N2O3. The van der Waals surface area contributed by atoms with Crippen LogP contribution in [0.25, 0.3) is 0 Å². The van der Waals surface area contributed by atoms with Gasteiger partial charge < -0.3 is 14.2 Å². The van der Waals surface area contributed by atoms with Crippen LogP contribution in [0.15, 0.2) is 65.8 Å². The maximum atomic E-state index is 13.3. The molecule has 1 heterocycles. The van der Waals surface area contributed by atoms with Crippen molar-refractivity contribution in [3.63, 3.8) is 0 Å². The summed E-state index contributed by atoms with van der Waals surface area (Å²) in [4.78, 5) is 29.7. The number of rotatable bonds is 21. The van der Waals surface area contributed by atoms with Crippen molar-refractivity contribution >= 4 is 11.8 Å². The molecule has 0 radical (unpaired) electrons. The summed E-state index contributed by atoms with van der Waals surface area (Å²) < 4.78 is 5.50. The zero-order valence-electron chi connectivity index (χ0n) is 23.0. The summed E-state index contributed by atoms with van der Waals surface area (Å²) in [5.74, 6) is 0.704. The maximum Gasteiger partial charge on any atom is 0.242 e. The molecule has 37 heavy (non-hydrogen) atoms. The number of carbonyl (C=O) groups excluding carboxylic acids is 2. The Morgan fingerprint density at radius 1 is 0.811 bits per heavy atom. The van der Waals surface area contributed by atoms with Crippen LogP contribution in [0.2, 0.25) is 0 Å². The van der Waals surface area contributed by atoms with Crippen LogP contribution in [0.5, 0.6) is 0 Å². The van der Waals surface area contributed by atoms with E-state index < -0.39 is 0 Å². The second kappa shape index (κ2) is 19.3. The number of furan rings is 1. The molecule has 0 aliphatic rings. The van der Waals surface area contributed by atoms with E-state index in [1.54, 1.807) is 22.1 Å². The summed E-state index contributed by atoms with van der Waals surface area (Å²) in [7, 11) is 0. The SMILES string of the molecule is C=CCN(CC(=O)N(CCc1ccccc1)Cc1ccco1)C(=O)CCCCCCCCCCCCC. The lowest BCUT2D eigenvalue weighted by Crippen LogP contribution is -2.43. The molecule has 0 saturated heterocycles. The van der Waals surface area contributed by atoms with Crippen LogP contribution in [0.1, 0.15) is 95.3 Å². The molecule has 0 aliphatic heterocycles. The van der Waals surface area contributed by atoms with Crippen LogP contribution >= 0.6 is 0 Å². The number of carbonyl (C=O) groups is 2. The number of amides is 2. The Balaban J connectivity index is 1.76. The molecule has 204 valence electrons. The Morgan fingerprint density at radius 2 is 1.46 bits per heavy atom. The molecule has 2 aromatic rings. The van der Waals surface area contributed by atoms with Crippen molar-refractivity contribution in [2.75, 3.05) is 19.6 Å². The number of hydrogen-bond donors (Lipinski definition) is 0. The van der Waals surface area contributed by atoms with E-state index in [0.717, 1.165) is 25.0 Å². The van der Waals surface area contributed by atoms with Crippen molar-refractivity contribution in [3.8, 4) is 0 Å². The first-order valence-electron chi connectivity index (χ1n) is 14.4. The topological polar surface area (TPSA) is 53.8 Å². The largest absolute Gasteiger partial charge is 0.467 e. The Hall–Kier alpha value is -2.82. The zero-order valence-corrected chi connectivity index (χ0v) is 23.0. The van der Waals surface area contributed by atoms with Crippen molar-refractivity contribution in [2.45, 2.75) is 96.9 Å². The van der Waals surface area contributed by atoms with Gasteiger partial charge in [-0.2, -0.15) is 0 Å². The predicted molar refractivity (Wildman–Crippen MR) is 152 cm³/mol. The van der Waals surface area contributed by atoms with Gasteiger partial charge in [0, 0.05) is 19.5 Å². The average molecular weight is 509 g/mol.